The van der Waals surface area contributed by atoms with Crippen molar-refractivity contribution < 1.29 is 9.32 Å². The van der Waals surface area contributed by atoms with Crippen LogP contribution >= 0.6 is 11.3 Å². The molecule has 2 aliphatic rings. The van der Waals surface area contributed by atoms with Crippen LogP contribution in [0, 0.1) is 0 Å². The Morgan fingerprint density at radius 2 is 1.94 bits per heavy atom. The van der Waals surface area contributed by atoms with Crippen molar-refractivity contribution in [2.24, 2.45) is 0 Å². The highest BCUT2D eigenvalue weighted by Crippen LogP contribution is 2.39. The number of piperazine rings is 1. The van der Waals surface area contributed by atoms with Crippen LogP contribution in [0.2, 0.25) is 0 Å². The van der Waals surface area contributed by atoms with Crippen LogP contribution < -0.4 is 4.90 Å². The lowest BCUT2D eigenvalue weighted by molar-refractivity contribution is 0.0746. The van der Waals surface area contributed by atoms with E-state index in [1.807, 2.05) is 35.2 Å². The summed E-state index contributed by atoms with van der Waals surface area (Å²) in [5.41, 5.74) is 4.32. The van der Waals surface area contributed by atoms with E-state index in [4.69, 9.17) is 4.52 Å². The number of hydrogen-bond donors (Lipinski definition) is 0. The largest absolute Gasteiger partial charge is 0.353 e. The van der Waals surface area contributed by atoms with Crippen LogP contribution in [-0.2, 0) is 0 Å². The van der Waals surface area contributed by atoms with E-state index in [0.717, 1.165) is 59.0 Å². The van der Waals surface area contributed by atoms with Crippen molar-refractivity contribution in [3.63, 3.8) is 0 Å². The Balaban J connectivity index is 1.10. The van der Waals surface area contributed by atoms with E-state index in [1.54, 1.807) is 23.0 Å². The van der Waals surface area contributed by atoms with Crippen molar-refractivity contribution in [3.05, 3.63) is 53.5 Å². The van der Waals surface area contributed by atoms with E-state index in [1.165, 1.54) is 0 Å². The molecule has 4 heterocycles. The zero-order chi connectivity index (χ0) is 20.8. The monoisotopic (exact) mass is 432 g/mol. The fraction of sp³-hybridized carbons (Fsp3) is 0.318. The SMILES string of the molecule is O=C(c1ccc2ncsc2c1)N1CCN(c2ccc(-c3noc(C4CC4)n3)cn2)CC1. The van der Waals surface area contributed by atoms with Gasteiger partial charge in [0.15, 0.2) is 0 Å². The summed E-state index contributed by atoms with van der Waals surface area (Å²) in [6.45, 7) is 2.82. The number of anilines is 1. The van der Waals surface area contributed by atoms with Crippen molar-refractivity contribution in [2.45, 2.75) is 18.8 Å². The predicted molar refractivity (Wildman–Crippen MR) is 117 cm³/mol. The number of nitrogens with zero attached hydrogens (tertiary/aromatic N) is 6. The van der Waals surface area contributed by atoms with Gasteiger partial charge in [0.1, 0.15) is 5.82 Å². The number of benzene rings is 1. The van der Waals surface area contributed by atoms with E-state index in [2.05, 4.69) is 25.0 Å². The molecule has 0 N–H and O–H groups in total. The van der Waals surface area contributed by atoms with Crippen molar-refractivity contribution in [2.75, 3.05) is 31.1 Å². The third-order valence-corrected chi connectivity index (χ3v) is 6.64. The summed E-state index contributed by atoms with van der Waals surface area (Å²) in [7, 11) is 0. The maximum atomic E-state index is 12.9. The number of aromatic nitrogens is 4. The van der Waals surface area contributed by atoms with Gasteiger partial charge in [-0.2, -0.15) is 4.98 Å². The Morgan fingerprint density at radius 3 is 2.71 bits per heavy atom. The van der Waals surface area contributed by atoms with Gasteiger partial charge in [-0.25, -0.2) is 9.97 Å². The molecule has 2 fully saturated rings. The smallest absolute Gasteiger partial charge is 0.254 e. The maximum absolute atomic E-state index is 12.9. The Bertz CT molecular complexity index is 1240. The number of rotatable bonds is 4. The van der Waals surface area contributed by atoms with Gasteiger partial charge in [0.2, 0.25) is 11.7 Å². The molecule has 1 aliphatic heterocycles. The van der Waals surface area contributed by atoms with Crippen molar-refractivity contribution in [1.29, 1.82) is 0 Å². The van der Waals surface area contributed by atoms with Crippen LogP contribution in [0.25, 0.3) is 21.6 Å². The van der Waals surface area contributed by atoms with Gasteiger partial charge in [0, 0.05) is 49.4 Å². The van der Waals surface area contributed by atoms with Gasteiger partial charge in [0.25, 0.3) is 5.91 Å². The quantitative estimate of drug-likeness (QED) is 0.487. The average molecular weight is 433 g/mol. The summed E-state index contributed by atoms with van der Waals surface area (Å²) in [5, 5.41) is 4.08. The van der Waals surface area contributed by atoms with Crippen LogP contribution in [0.4, 0.5) is 5.82 Å². The normalized spacial score (nSPS) is 16.8. The Kier molecular flexibility index (Phi) is 4.41. The minimum atomic E-state index is 0.0711. The fourth-order valence-corrected chi connectivity index (χ4v) is 4.58. The van der Waals surface area contributed by atoms with Gasteiger partial charge in [-0.05, 0) is 43.2 Å². The molecule has 9 heteroatoms. The third-order valence-electron chi connectivity index (χ3n) is 5.84. The van der Waals surface area contributed by atoms with E-state index in [0.29, 0.717) is 24.8 Å². The number of hydrogen-bond acceptors (Lipinski definition) is 8. The van der Waals surface area contributed by atoms with Crippen molar-refractivity contribution >= 4 is 33.3 Å². The van der Waals surface area contributed by atoms with Gasteiger partial charge < -0.3 is 14.3 Å². The van der Waals surface area contributed by atoms with Crippen molar-refractivity contribution in [3.8, 4) is 11.4 Å². The number of carbonyl (C=O) groups excluding carboxylic acids is 1. The molecule has 0 spiro atoms. The lowest BCUT2D eigenvalue weighted by Crippen LogP contribution is -2.49. The molecular formula is C22H20N6O2S. The topological polar surface area (TPSA) is 88.3 Å². The summed E-state index contributed by atoms with van der Waals surface area (Å²) < 4.78 is 6.38. The molecule has 31 heavy (non-hydrogen) atoms. The minimum Gasteiger partial charge on any atom is -0.353 e. The number of pyridine rings is 1. The lowest BCUT2D eigenvalue weighted by atomic mass is 10.1. The number of amides is 1. The predicted octanol–water partition coefficient (Wildman–Crippen LogP) is 3.58. The van der Waals surface area contributed by atoms with E-state index in [-0.39, 0.29) is 5.91 Å². The summed E-state index contributed by atoms with van der Waals surface area (Å²) in [5.74, 6) is 2.73. The average Bonchev–Trinajstić information content (AvgIpc) is 3.36. The van der Waals surface area contributed by atoms with Gasteiger partial charge in [-0.3, -0.25) is 4.79 Å². The highest BCUT2D eigenvalue weighted by Gasteiger charge is 2.30. The number of fused-ring (bicyclic) bond motifs is 1. The van der Waals surface area contributed by atoms with E-state index < -0.39 is 0 Å². The van der Waals surface area contributed by atoms with E-state index in [9.17, 15) is 4.79 Å². The highest BCUT2D eigenvalue weighted by atomic mass is 32.1. The number of thiazole rings is 1. The molecule has 1 saturated heterocycles. The molecule has 0 unspecified atom stereocenters. The first kappa shape index (κ1) is 18.4. The summed E-state index contributed by atoms with van der Waals surface area (Å²) in [6, 6.07) is 9.68. The van der Waals surface area contributed by atoms with Gasteiger partial charge in [-0.1, -0.05) is 5.16 Å². The molecule has 6 rings (SSSR count). The third kappa shape index (κ3) is 3.54. The molecule has 1 aromatic carbocycles. The zero-order valence-electron chi connectivity index (χ0n) is 16.8. The van der Waals surface area contributed by atoms with Crippen LogP contribution in [0.3, 0.4) is 0 Å². The molecular weight excluding hydrogens is 412 g/mol. The Labute approximate surface area is 182 Å². The first-order valence-electron chi connectivity index (χ1n) is 10.4. The second-order valence-corrected chi connectivity index (χ2v) is 8.84. The first-order chi connectivity index (χ1) is 15.2. The zero-order valence-corrected chi connectivity index (χ0v) is 17.6. The first-order valence-corrected chi connectivity index (χ1v) is 11.3. The molecule has 8 nitrogen and oxygen atoms in total. The van der Waals surface area contributed by atoms with E-state index >= 15 is 0 Å². The molecule has 1 amide bonds. The van der Waals surface area contributed by atoms with Crippen LogP contribution in [0.1, 0.15) is 35.0 Å². The van der Waals surface area contributed by atoms with Crippen LogP contribution in [0.15, 0.2) is 46.6 Å². The minimum absolute atomic E-state index is 0.0711. The summed E-state index contributed by atoms with van der Waals surface area (Å²) in [6.07, 6.45) is 4.05. The molecule has 0 atom stereocenters. The van der Waals surface area contributed by atoms with Gasteiger partial charge in [0.05, 0.1) is 15.7 Å². The molecule has 4 aromatic rings. The Morgan fingerprint density at radius 1 is 1.06 bits per heavy atom. The van der Waals surface area contributed by atoms with Crippen LogP contribution in [0.5, 0.6) is 0 Å². The second-order valence-electron chi connectivity index (χ2n) is 7.95. The summed E-state index contributed by atoms with van der Waals surface area (Å²) in [4.78, 5) is 30.4. The maximum Gasteiger partial charge on any atom is 0.254 e. The molecule has 1 aliphatic carbocycles. The lowest BCUT2D eigenvalue weighted by Gasteiger charge is -2.35. The molecule has 0 bridgehead atoms. The van der Waals surface area contributed by atoms with Crippen molar-refractivity contribution in [1.82, 2.24) is 25.0 Å². The summed E-state index contributed by atoms with van der Waals surface area (Å²) >= 11 is 1.56. The highest BCUT2D eigenvalue weighted by molar-refractivity contribution is 7.16. The molecule has 1 saturated carbocycles. The standard InChI is InChI=1S/C22H20N6O2S/c29-22(15-3-5-17-18(11-15)31-13-24-17)28-9-7-27(8-10-28)19-6-4-16(12-23-19)20-25-21(30-26-20)14-1-2-14/h3-6,11-14H,1-2,7-10H2. The molecule has 3 aromatic heterocycles. The van der Waals surface area contributed by atoms with Gasteiger partial charge in [-0.15, -0.1) is 11.3 Å². The number of carbonyl (C=O) groups is 1. The van der Waals surface area contributed by atoms with Gasteiger partial charge >= 0.3 is 0 Å². The fourth-order valence-electron chi connectivity index (χ4n) is 3.86. The molecule has 156 valence electrons. The second kappa shape index (κ2) is 7.42. The van der Waals surface area contributed by atoms with Crippen LogP contribution in [-0.4, -0.2) is 57.1 Å². The molecule has 0 radical (unpaired) electrons. The Hall–Kier alpha value is -3.33.